The summed E-state index contributed by atoms with van der Waals surface area (Å²) in [5, 5.41) is 6.79. The van der Waals surface area contributed by atoms with Crippen LogP contribution in [-0.4, -0.2) is 19.6 Å². The number of hydrogen-bond acceptors (Lipinski definition) is 3. The lowest BCUT2D eigenvalue weighted by Crippen LogP contribution is -2.25. The molecule has 0 atom stereocenters. The highest BCUT2D eigenvalue weighted by Crippen LogP contribution is 2.11. The van der Waals surface area contributed by atoms with Crippen molar-refractivity contribution in [1.29, 1.82) is 0 Å². The molecule has 0 fully saturated rings. The van der Waals surface area contributed by atoms with E-state index in [1.165, 1.54) is 0 Å². The number of aromatic amines is 2. The van der Waals surface area contributed by atoms with E-state index >= 15 is 0 Å². The first-order valence-corrected chi connectivity index (χ1v) is 4.35. The van der Waals surface area contributed by atoms with Gasteiger partial charge >= 0.3 is 11.4 Å². The molecule has 3 aromatic rings. The van der Waals surface area contributed by atoms with Gasteiger partial charge in [0, 0.05) is 5.39 Å². The van der Waals surface area contributed by atoms with Gasteiger partial charge < -0.3 is 4.98 Å². The molecule has 0 aliphatic carbocycles. The van der Waals surface area contributed by atoms with Crippen molar-refractivity contribution in [3.8, 4) is 0 Å². The van der Waals surface area contributed by atoms with Crippen molar-refractivity contribution in [1.82, 2.24) is 19.6 Å². The highest BCUT2D eigenvalue weighted by Gasteiger charge is 2.07. The van der Waals surface area contributed by atoms with Crippen molar-refractivity contribution in [2.45, 2.75) is 0 Å². The van der Waals surface area contributed by atoms with Crippen molar-refractivity contribution >= 4 is 16.6 Å². The molecule has 0 amide bonds. The fourth-order valence-electron chi connectivity index (χ4n) is 1.62. The number of rotatable bonds is 0. The molecule has 2 heterocycles. The average molecular weight is 202 g/mol. The minimum atomic E-state index is -0.531. The van der Waals surface area contributed by atoms with Crippen molar-refractivity contribution in [2.75, 3.05) is 0 Å². The van der Waals surface area contributed by atoms with Crippen molar-refractivity contribution in [2.24, 2.45) is 0 Å². The zero-order chi connectivity index (χ0) is 10.4. The molecule has 0 spiro atoms. The van der Waals surface area contributed by atoms with Gasteiger partial charge in [0.25, 0.3) is 0 Å². The van der Waals surface area contributed by atoms with Crippen LogP contribution in [0.2, 0.25) is 0 Å². The SMILES string of the molecule is O=c1[nH]nc2c3ccccc3[nH]c(=O)n12. The molecule has 2 N–H and O–H groups in total. The second-order valence-corrected chi connectivity index (χ2v) is 3.16. The molecule has 0 unspecified atom stereocenters. The van der Waals surface area contributed by atoms with Crippen LogP contribution < -0.4 is 11.4 Å². The molecule has 0 bridgehead atoms. The summed E-state index contributed by atoms with van der Waals surface area (Å²) in [6, 6.07) is 7.18. The Morgan fingerprint density at radius 3 is 2.80 bits per heavy atom. The standard InChI is InChI=1S/C9H6N4O2/c14-8-10-6-4-2-1-3-5(6)7-11-12-9(15)13(7)8/h1-4H,(H,10,14)(H,12,15). The van der Waals surface area contributed by atoms with E-state index in [-0.39, 0.29) is 0 Å². The minimum absolute atomic E-state index is 0.347. The lowest BCUT2D eigenvalue weighted by Gasteiger charge is -1.97. The summed E-state index contributed by atoms with van der Waals surface area (Å²) in [4.78, 5) is 25.4. The van der Waals surface area contributed by atoms with Crippen LogP contribution in [0.15, 0.2) is 33.9 Å². The Kier molecular flexibility index (Phi) is 1.37. The number of hydrogen-bond donors (Lipinski definition) is 2. The van der Waals surface area contributed by atoms with E-state index in [0.29, 0.717) is 11.2 Å². The first-order valence-electron chi connectivity index (χ1n) is 4.35. The predicted molar refractivity (Wildman–Crippen MR) is 53.9 cm³/mol. The lowest BCUT2D eigenvalue weighted by atomic mass is 10.2. The summed E-state index contributed by atoms with van der Waals surface area (Å²) in [5.74, 6) is 0. The van der Waals surface area contributed by atoms with Gasteiger partial charge in [-0.1, -0.05) is 12.1 Å². The second-order valence-electron chi connectivity index (χ2n) is 3.16. The van der Waals surface area contributed by atoms with Crippen molar-refractivity contribution in [3.63, 3.8) is 0 Å². The Hall–Kier alpha value is -2.37. The van der Waals surface area contributed by atoms with Crippen LogP contribution in [0.5, 0.6) is 0 Å². The summed E-state index contributed by atoms with van der Waals surface area (Å²) in [5.41, 5.74) is -0.00666. The van der Waals surface area contributed by atoms with Gasteiger partial charge in [0.2, 0.25) is 0 Å². The van der Waals surface area contributed by atoms with Crippen molar-refractivity contribution in [3.05, 3.63) is 45.2 Å². The summed E-state index contributed by atoms with van der Waals surface area (Å²) in [6.45, 7) is 0. The third-order valence-corrected chi connectivity index (χ3v) is 2.29. The number of nitrogens with zero attached hydrogens (tertiary/aromatic N) is 2. The molecule has 6 nitrogen and oxygen atoms in total. The number of aromatic nitrogens is 4. The maximum absolute atomic E-state index is 11.5. The molecule has 1 aromatic carbocycles. The number of para-hydroxylation sites is 1. The summed E-state index contributed by atoms with van der Waals surface area (Å²) >= 11 is 0. The van der Waals surface area contributed by atoms with E-state index in [1.54, 1.807) is 18.2 Å². The Morgan fingerprint density at radius 1 is 1.13 bits per heavy atom. The molecule has 15 heavy (non-hydrogen) atoms. The maximum atomic E-state index is 11.5. The smallest absolute Gasteiger partial charge is 0.306 e. The third-order valence-electron chi connectivity index (χ3n) is 2.29. The van der Waals surface area contributed by atoms with Gasteiger partial charge in [0.1, 0.15) is 0 Å². The third kappa shape index (κ3) is 0.954. The fraction of sp³-hybridized carbons (Fsp3) is 0. The summed E-state index contributed by atoms with van der Waals surface area (Å²) < 4.78 is 0.975. The zero-order valence-corrected chi connectivity index (χ0v) is 7.52. The van der Waals surface area contributed by atoms with Crippen LogP contribution in [-0.2, 0) is 0 Å². The highest BCUT2D eigenvalue weighted by atomic mass is 16.2. The van der Waals surface area contributed by atoms with Crippen LogP contribution in [0.4, 0.5) is 0 Å². The lowest BCUT2D eigenvalue weighted by molar-refractivity contribution is 0.958. The number of nitrogens with one attached hydrogen (secondary N) is 2. The van der Waals surface area contributed by atoms with Crippen LogP contribution in [0.25, 0.3) is 16.6 Å². The largest absolute Gasteiger partial charge is 0.351 e. The molecule has 0 saturated heterocycles. The van der Waals surface area contributed by atoms with E-state index < -0.39 is 11.4 Å². The van der Waals surface area contributed by atoms with Crippen LogP contribution in [0.1, 0.15) is 0 Å². The van der Waals surface area contributed by atoms with E-state index in [1.807, 2.05) is 6.07 Å². The molecular formula is C9H6N4O2. The van der Waals surface area contributed by atoms with Crippen LogP contribution >= 0.6 is 0 Å². The van der Waals surface area contributed by atoms with Gasteiger partial charge in [-0.2, -0.15) is 9.50 Å². The van der Waals surface area contributed by atoms with E-state index in [4.69, 9.17) is 0 Å². The highest BCUT2D eigenvalue weighted by molar-refractivity contribution is 5.90. The van der Waals surface area contributed by atoms with E-state index in [9.17, 15) is 9.59 Å². The minimum Gasteiger partial charge on any atom is -0.306 e. The van der Waals surface area contributed by atoms with E-state index in [0.717, 1.165) is 9.79 Å². The van der Waals surface area contributed by atoms with Crippen molar-refractivity contribution < 1.29 is 0 Å². The summed E-state index contributed by atoms with van der Waals surface area (Å²) in [7, 11) is 0. The molecule has 0 saturated carbocycles. The topological polar surface area (TPSA) is 83.0 Å². The molecule has 0 aliphatic rings. The zero-order valence-electron chi connectivity index (χ0n) is 7.52. The maximum Gasteiger partial charge on any atom is 0.351 e. The van der Waals surface area contributed by atoms with E-state index in [2.05, 4.69) is 15.2 Å². The van der Waals surface area contributed by atoms with Gasteiger partial charge in [-0.3, -0.25) is 0 Å². The molecule has 2 aromatic heterocycles. The molecule has 74 valence electrons. The van der Waals surface area contributed by atoms with Gasteiger partial charge in [-0.25, -0.2) is 14.7 Å². The Balaban J connectivity index is 2.78. The number of H-pyrrole nitrogens is 2. The Morgan fingerprint density at radius 2 is 1.93 bits per heavy atom. The fourth-order valence-corrected chi connectivity index (χ4v) is 1.62. The Labute approximate surface area is 82.2 Å². The molecule has 0 radical (unpaired) electrons. The average Bonchev–Trinajstić information content (AvgIpc) is 2.62. The number of benzene rings is 1. The molecule has 6 heteroatoms. The first kappa shape index (κ1) is 7.98. The normalized spacial score (nSPS) is 11.2. The molecular weight excluding hydrogens is 196 g/mol. The predicted octanol–water partition coefficient (Wildman–Crippen LogP) is -0.136. The monoisotopic (exact) mass is 202 g/mol. The van der Waals surface area contributed by atoms with Gasteiger partial charge in [-0.05, 0) is 12.1 Å². The summed E-state index contributed by atoms with van der Waals surface area (Å²) in [6.07, 6.45) is 0. The van der Waals surface area contributed by atoms with Gasteiger partial charge in [0.05, 0.1) is 5.52 Å². The number of fused-ring (bicyclic) bond motifs is 3. The quantitative estimate of drug-likeness (QED) is 0.532. The molecule has 3 rings (SSSR count). The Bertz CT molecular complexity index is 765. The first-order chi connectivity index (χ1) is 7.27. The van der Waals surface area contributed by atoms with Gasteiger partial charge in [-0.15, -0.1) is 0 Å². The second kappa shape index (κ2) is 2.57. The van der Waals surface area contributed by atoms with Crippen LogP contribution in [0.3, 0.4) is 0 Å². The van der Waals surface area contributed by atoms with Crippen LogP contribution in [0, 0.1) is 0 Å². The molecule has 0 aliphatic heterocycles. The van der Waals surface area contributed by atoms with Gasteiger partial charge in [0.15, 0.2) is 5.65 Å².